The topological polar surface area (TPSA) is 68.2 Å². The number of ether oxygens (including phenoxy) is 2. The number of Topliss-reactive ketones (excluding diaryl/α,β-unsaturated/α-hetero) is 1. The van der Waals surface area contributed by atoms with Crippen molar-refractivity contribution in [1.29, 1.82) is 0 Å². The highest BCUT2D eigenvalue weighted by Crippen LogP contribution is 2.27. The van der Waals surface area contributed by atoms with E-state index < -0.39 is 0 Å². The molecule has 6 nitrogen and oxygen atoms in total. The van der Waals surface area contributed by atoms with Crippen molar-refractivity contribution in [3.8, 4) is 11.5 Å². The summed E-state index contributed by atoms with van der Waals surface area (Å²) in [5, 5.41) is 0.649. The summed E-state index contributed by atoms with van der Waals surface area (Å²) in [5.41, 5.74) is 1.34. The van der Waals surface area contributed by atoms with E-state index in [-0.39, 0.29) is 18.3 Å². The molecule has 1 heterocycles. The average Bonchev–Trinajstić information content (AvgIpc) is 2.73. The van der Waals surface area contributed by atoms with E-state index in [1.165, 1.54) is 6.92 Å². The van der Waals surface area contributed by atoms with Gasteiger partial charge in [0.2, 0.25) is 0 Å². The average molecular weight is 398 g/mol. The van der Waals surface area contributed by atoms with E-state index in [2.05, 4.69) is 4.99 Å². The van der Waals surface area contributed by atoms with Crippen molar-refractivity contribution >= 4 is 34.3 Å². The molecule has 0 saturated carbocycles. The predicted octanol–water partition coefficient (Wildman–Crippen LogP) is 3.93. The molecule has 28 heavy (non-hydrogen) atoms. The first-order valence-electron chi connectivity index (χ1n) is 8.97. The standard InChI is InChI=1S/C21H22N2O4S/c1-15(24)16-8-10-17(11-9-16)22-21-23(12-5-13-28-21)20(25)14-27-19-7-4-3-6-18(19)26-2/h3-4,6-11H,5,12-14H2,1-2H3. The van der Waals surface area contributed by atoms with Gasteiger partial charge in [-0.1, -0.05) is 23.9 Å². The number of hydrogen-bond donors (Lipinski definition) is 0. The van der Waals surface area contributed by atoms with Crippen LogP contribution in [0.25, 0.3) is 0 Å². The molecule has 0 aliphatic carbocycles. The van der Waals surface area contributed by atoms with Crippen LogP contribution in [0.15, 0.2) is 53.5 Å². The molecule has 0 spiro atoms. The molecule has 1 fully saturated rings. The Labute approximate surface area is 168 Å². The van der Waals surface area contributed by atoms with Crippen molar-refractivity contribution in [2.24, 2.45) is 4.99 Å². The molecule has 3 rings (SSSR count). The summed E-state index contributed by atoms with van der Waals surface area (Å²) in [6.07, 6.45) is 0.896. The van der Waals surface area contributed by atoms with Crippen LogP contribution in [-0.4, -0.2) is 47.8 Å². The summed E-state index contributed by atoms with van der Waals surface area (Å²) in [4.78, 5) is 30.4. The van der Waals surface area contributed by atoms with E-state index in [1.807, 2.05) is 12.1 Å². The number of rotatable bonds is 6. The maximum atomic E-state index is 12.7. The summed E-state index contributed by atoms with van der Waals surface area (Å²) in [7, 11) is 1.56. The highest BCUT2D eigenvalue weighted by molar-refractivity contribution is 8.13. The summed E-state index contributed by atoms with van der Waals surface area (Å²) in [5.74, 6) is 1.87. The molecule has 146 valence electrons. The number of thioether (sulfide) groups is 1. The highest BCUT2D eigenvalue weighted by atomic mass is 32.2. The van der Waals surface area contributed by atoms with E-state index in [9.17, 15) is 9.59 Å². The van der Waals surface area contributed by atoms with Gasteiger partial charge in [-0.2, -0.15) is 0 Å². The van der Waals surface area contributed by atoms with Gasteiger partial charge in [0.15, 0.2) is 29.1 Å². The van der Waals surface area contributed by atoms with Crippen LogP contribution in [-0.2, 0) is 4.79 Å². The van der Waals surface area contributed by atoms with Crippen LogP contribution in [0, 0.1) is 0 Å². The Bertz CT molecular complexity index is 880. The molecule has 0 N–H and O–H groups in total. The second kappa shape index (κ2) is 9.41. The minimum Gasteiger partial charge on any atom is -0.493 e. The number of para-hydroxylation sites is 2. The third kappa shape index (κ3) is 4.92. The van der Waals surface area contributed by atoms with Gasteiger partial charge in [0.25, 0.3) is 5.91 Å². The first-order valence-corrected chi connectivity index (χ1v) is 9.95. The van der Waals surface area contributed by atoms with E-state index in [0.717, 1.165) is 12.2 Å². The number of hydrogen-bond acceptors (Lipinski definition) is 6. The molecule has 0 aromatic heterocycles. The predicted molar refractivity (Wildman–Crippen MR) is 111 cm³/mol. The van der Waals surface area contributed by atoms with Crippen LogP contribution in [0.2, 0.25) is 0 Å². The zero-order chi connectivity index (χ0) is 19.9. The Kier molecular flexibility index (Phi) is 6.71. The molecule has 0 unspecified atom stereocenters. The molecule has 1 aliphatic rings. The van der Waals surface area contributed by atoms with E-state index in [1.54, 1.807) is 60.2 Å². The lowest BCUT2D eigenvalue weighted by Crippen LogP contribution is -2.41. The van der Waals surface area contributed by atoms with Crippen LogP contribution in [0.3, 0.4) is 0 Å². The van der Waals surface area contributed by atoms with Gasteiger partial charge in [-0.3, -0.25) is 14.5 Å². The fourth-order valence-electron chi connectivity index (χ4n) is 2.72. The molecule has 1 aliphatic heterocycles. The smallest absolute Gasteiger partial charge is 0.266 e. The number of amidine groups is 1. The van der Waals surface area contributed by atoms with Gasteiger partial charge in [0.05, 0.1) is 12.8 Å². The highest BCUT2D eigenvalue weighted by Gasteiger charge is 2.24. The van der Waals surface area contributed by atoms with Crippen LogP contribution in [0.1, 0.15) is 23.7 Å². The number of ketones is 1. The Balaban J connectivity index is 1.71. The van der Waals surface area contributed by atoms with Crippen molar-refractivity contribution in [2.45, 2.75) is 13.3 Å². The molecule has 7 heteroatoms. The molecule has 2 aromatic rings. The maximum Gasteiger partial charge on any atom is 0.266 e. The Morgan fingerprint density at radius 2 is 1.82 bits per heavy atom. The Morgan fingerprint density at radius 1 is 1.11 bits per heavy atom. The minimum absolute atomic E-state index is 0.0107. The molecular formula is C21H22N2O4S. The van der Waals surface area contributed by atoms with Crippen molar-refractivity contribution < 1.29 is 19.1 Å². The number of carbonyl (C=O) groups is 2. The SMILES string of the molecule is COc1ccccc1OCC(=O)N1CCCSC1=Nc1ccc(C(C)=O)cc1. The Hall–Kier alpha value is -2.80. The van der Waals surface area contributed by atoms with Crippen molar-refractivity contribution in [1.82, 2.24) is 4.90 Å². The zero-order valence-electron chi connectivity index (χ0n) is 15.9. The second-order valence-corrected chi connectivity index (χ2v) is 7.25. The maximum absolute atomic E-state index is 12.7. The molecule has 0 bridgehead atoms. The van der Waals surface area contributed by atoms with Crippen molar-refractivity contribution in [3.63, 3.8) is 0 Å². The number of aliphatic imine (C=N–C) groups is 1. The van der Waals surface area contributed by atoms with Crippen LogP contribution in [0.5, 0.6) is 11.5 Å². The Morgan fingerprint density at radius 3 is 2.50 bits per heavy atom. The van der Waals surface area contributed by atoms with Gasteiger partial charge in [-0.15, -0.1) is 0 Å². The summed E-state index contributed by atoms with van der Waals surface area (Å²) in [6, 6.07) is 14.3. The summed E-state index contributed by atoms with van der Waals surface area (Å²) >= 11 is 1.54. The monoisotopic (exact) mass is 398 g/mol. The van der Waals surface area contributed by atoms with Gasteiger partial charge in [-0.05, 0) is 49.7 Å². The van der Waals surface area contributed by atoms with Crippen molar-refractivity contribution in [2.75, 3.05) is 26.0 Å². The van der Waals surface area contributed by atoms with Gasteiger partial charge in [-0.25, -0.2) is 4.99 Å². The van der Waals surface area contributed by atoms with Crippen LogP contribution >= 0.6 is 11.8 Å². The number of nitrogens with zero attached hydrogens (tertiary/aromatic N) is 2. The van der Waals surface area contributed by atoms with Gasteiger partial charge < -0.3 is 9.47 Å². The number of carbonyl (C=O) groups excluding carboxylic acids is 2. The molecular weight excluding hydrogens is 376 g/mol. The van der Waals surface area contributed by atoms with Crippen LogP contribution < -0.4 is 9.47 Å². The molecule has 1 saturated heterocycles. The summed E-state index contributed by atoms with van der Waals surface area (Å²) in [6.45, 7) is 2.04. The van der Waals surface area contributed by atoms with Crippen molar-refractivity contribution in [3.05, 3.63) is 54.1 Å². The van der Waals surface area contributed by atoms with Gasteiger partial charge >= 0.3 is 0 Å². The van der Waals surface area contributed by atoms with Gasteiger partial charge in [0, 0.05) is 17.9 Å². The number of methoxy groups -OCH3 is 1. The quantitative estimate of drug-likeness (QED) is 0.690. The fourth-order valence-corrected chi connectivity index (χ4v) is 3.70. The fraction of sp³-hybridized carbons (Fsp3) is 0.286. The van der Waals surface area contributed by atoms with E-state index in [4.69, 9.17) is 9.47 Å². The van der Waals surface area contributed by atoms with E-state index >= 15 is 0 Å². The minimum atomic E-state index is -0.155. The lowest BCUT2D eigenvalue weighted by molar-refractivity contribution is -0.129. The molecule has 0 atom stereocenters. The molecule has 1 amide bonds. The molecule has 0 radical (unpaired) electrons. The first-order chi connectivity index (χ1) is 13.6. The number of benzene rings is 2. The molecule has 2 aromatic carbocycles. The van der Waals surface area contributed by atoms with Gasteiger partial charge in [0.1, 0.15) is 0 Å². The zero-order valence-corrected chi connectivity index (χ0v) is 16.7. The first kappa shape index (κ1) is 19.9. The summed E-state index contributed by atoms with van der Waals surface area (Å²) < 4.78 is 10.9. The second-order valence-electron chi connectivity index (χ2n) is 6.18. The third-order valence-electron chi connectivity index (χ3n) is 4.21. The normalized spacial score (nSPS) is 15.4. The third-order valence-corrected chi connectivity index (χ3v) is 5.27. The van der Waals surface area contributed by atoms with Crippen LogP contribution in [0.4, 0.5) is 5.69 Å². The number of amides is 1. The van der Waals surface area contributed by atoms with E-state index in [0.29, 0.717) is 34.5 Å². The largest absolute Gasteiger partial charge is 0.493 e. The lowest BCUT2D eigenvalue weighted by Gasteiger charge is -2.27. The lowest BCUT2D eigenvalue weighted by atomic mass is 10.1.